The van der Waals surface area contributed by atoms with Gasteiger partial charge in [-0.1, -0.05) is 19.1 Å². The van der Waals surface area contributed by atoms with Gasteiger partial charge in [0.25, 0.3) is 0 Å². The van der Waals surface area contributed by atoms with Gasteiger partial charge < -0.3 is 11.1 Å². The van der Waals surface area contributed by atoms with Crippen molar-refractivity contribution >= 4 is 28.8 Å². The smallest absolute Gasteiger partial charge is 0.237 e. The highest BCUT2D eigenvalue weighted by Gasteiger charge is 2.51. The number of halogens is 2. The highest BCUT2D eigenvalue weighted by molar-refractivity contribution is 7.80. The molecule has 0 atom stereocenters. The van der Waals surface area contributed by atoms with Crippen molar-refractivity contribution in [3.8, 4) is 0 Å². The zero-order chi connectivity index (χ0) is 14.2. The molecule has 19 heavy (non-hydrogen) atoms. The van der Waals surface area contributed by atoms with Gasteiger partial charge in [0.2, 0.25) is 5.91 Å². The molecule has 0 bridgehead atoms. The first kappa shape index (κ1) is 13.9. The predicted octanol–water partition coefficient (Wildman–Crippen LogP) is 2.61. The molecule has 1 saturated carbocycles. The van der Waals surface area contributed by atoms with Crippen molar-refractivity contribution in [1.82, 2.24) is 0 Å². The third-order valence-electron chi connectivity index (χ3n) is 3.48. The topological polar surface area (TPSA) is 55.1 Å². The summed E-state index contributed by atoms with van der Waals surface area (Å²) in [6, 6.07) is 2.88. The van der Waals surface area contributed by atoms with E-state index in [-0.39, 0.29) is 10.7 Å². The number of hydrogen-bond acceptors (Lipinski definition) is 2. The molecule has 1 aromatic carbocycles. The Morgan fingerprint density at radius 2 is 2.11 bits per heavy atom. The number of nitrogens with one attached hydrogen (secondary N) is 1. The van der Waals surface area contributed by atoms with Crippen LogP contribution in [0.4, 0.5) is 14.5 Å². The van der Waals surface area contributed by atoms with E-state index in [0.717, 1.165) is 18.2 Å². The molecule has 3 nitrogen and oxygen atoms in total. The van der Waals surface area contributed by atoms with Crippen LogP contribution in [0, 0.1) is 23.0 Å². The van der Waals surface area contributed by atoms with Crippen molar-refractivity contribution in [2.24, 2.45) is 17.1 Å². The Morgan fingerprint density at radius 3 is 2.63 bits per heavy atom. The van der Waals surface area contributed by atoms with Crippen LogP contribution in [0.25, 0.3) is 0 Å². The number of hydrogen-bond donors (Lipinski definition) is 2. The summed E-state index contributed by atoms with van der Waals surface area (Å²) in [6.07, 6.45) is 1.07. The van der Waals surface area contributed by atoms with Crippen LogP contribution < -0.4 is 11.1 Å². The van der Waals surface area contributed by atoms with Gasteiger partial charge in [-0.05, 0) is 30.9 Å². The molecule has 0 heterocycles. The van der Waals surface area contributed by atoms with E-state index in [9.17, 15) is 13.6 Å². The Balaban J connectivity index is 2.21. The van der Waals surface area contributed by atoms with E-state index in [1.807, 2.05) is 6.92 Å². The molecule has 0 spiro atoms. The van der Waals surface area contributed by atoms with Crippen molar-refractivity contribution in [3.05, 3.63) is 29.8 Å². The number of amides is 1. The van der Waals surface area contributed by atoms with Crippen LogP contribution in [-0.4, -0.2) is 10.9 Å². The molecule has 0 radical (unpaired) electrons. The summed E-state index contributed by atoms with van der Waals surface area (Å²) >= 11 is 4.93. The summed E-state index contributed by atoms with van der Waals surface area (Å²) in [7, 11) is 0. The largest absolute Gasteiger partial charge is 0.392 e. The van der Waals surface area contributed by atoms with Crippen LogP contribution in [0.5, 0.6) is 0 Å². The summed E-state index contributed by atoms with van der Waals surface area (Å²) in [4.78, 5) is 12.3. The van der Waals surface area contributed by atoms with Crippen molar-refractivity contribution in [1.29, 1.82) is 0 Å². The van der Waals surface area contributed by atoms with Crippen LogP contribution in [0.1, 0.15) is 19.8 Å². The minimum Gasteiger partial charge on any atom is -0.392 e. The fourth-order valence-electron chi connectivity index (χ4n) is 2.46. The molecule has 1 aliphatic rings. The maximum absolute atomic E-state index is 13.5. The second-order valence-corrected chi connectivity index (χ2v) is 5.48. The molecule has 0 aromatic heterocycles. The van der Waals surface area contributed by atoms with Crippen molar-refractivity contribution in [2.75, 3.05) is 5.32 Å². The maximum atomic E-state index is 13.5. The first-order valence-corrected chi connectivity index (χ1v) is 6.32. The van der Waals surface area contributed by atoms with Gasteiger partial charge in [0, 0.05) is 6.07 Å². The van der Waals surface area contributed by atoms with E-state index in [4.69, 9.17) is 18.0 Å². The maximum Gasteiger partial charge on any atom is 0.237 e. The summed E-state index contributed by atoms with van der Waals surface area (Å²) in [5.74, 6) is -1.45. The molecule has 102 valence electrons. The zero-order valence-electron chi connectivity index (χ0n) is 10.4. The molecular formula is C13H14F2N2OS. The lowest BCUT2D eigenvalue weighted by Gasteiger charge is -2.44. The first-order chi connectivity index (χ1) is 8.85. The predicted molar refractivity (Wildman–Crippen MR) is 72.6 cm³/mol. The second-order valence-electron chi connectivity index (χ2n) is 5.04. The summed E-state index contributed by atoms with van der Waals surface area (Å²) in [6.45, 7) is 1.98. The lowest BCUT2D eigenvalue weighted by molar-refractivity contribution is -0.127. The molecule has 0 aliphatic heterocycles. The summed E-state index contributed by atoms with van der Waals surface area (Å²) < 4.78 is 26.5. The average molecular weight is 284 g/mol. The fourth-order valence-corrected chi connectivity index (χ4v) is 2.72. The molecule has 1 aromatic rings. The minimum atomic E-state index is -0.937. The quantitative estimate of drug-likeness (QED) is 0.839. The molecule has 1 amide bonds. The van der Waals surface area contributed by atoms with Crippen LogP contribution >= 0.6 is 12.2 Å². The van der Waals surface area contributed by atoms with Gasteiger partial charge in [0.15, 0.2) is 0 Å². The highest BCUT2D eigenvalue weighted by Crippen LogP contribution is 2.46. The van der Waals surface area contributed by atoms with Crippen molar-refractivity contribution in [2.45, 2.75) is 19.8 Å². The second kappa shape index (κ2) is 4.85. The summed E-state index contributed by atoms with van der Waals surface area (Å²) in [5, 5.41) is 2.37. The van der Waals surface area contributed by atoms with Crippen LogP contribution in [0.3, 0.4) is 0 Å². The number of benzene rings is 1. The van der Waals surface area contributed by atoms with Gasteiger partial charge in [-0.25, -0.2) is 8.78 Å². The van der Waals surface area contributed by atoms with Gasteiger partial charge in [0.05, 0.1) is 16.1 Å². The standard InChI is InChI=1S/C13H14F2N2OS/c1-7-5-13(6-7,11(16)19)12(18)17-10-4-8(14)2-3-9(10)15/h2-4,7H,5-6H2,1H3,(H2,16,19)(H,17,18). The third-order valence-corrected chi connectivity index (χ3v) is 3.87. The van der Waals surface area contributed by atoms with E-state index in [2.05, 4.69) is 5.32 Å². The van der Waals surface area contributed by atoms with Crippen molar-refractivity contribution < 1.29 is 13.6 Å². The van der Waals surface area contributed by atoms with E-state index in [1.165, 1.54) is 0 Å². The molecule has 0 unspecified atom stereocenters. The normalized spacial score (nSPS) is 25.5. The minimum absolute atomic E-state index is 0.0971. The van der Waals surface area contributed by atoms with Gasteiger partial charge in [-0.2, -0.15) is 0 Å². The van der Waals surface area contributed by atoms with Crippen LogP contribution in [0.2, 0.25) is 0 Å². The Bertz CT molecular complexity index is 541. The van der Waals surface area contributed by atoms with Crippen LogP contribution in [-0.2, 0) is 4.79 Å². The molecule has 1 fully saturated rings. The van der Waals surface area contributed by atoms with Crippen LogP contribution in [0.15, 0.2) is 18.2 Å². The Kier molecular flexibility index (Phi) is 3.54. The number of nitrogens with two attached hydrogens (primary N) is 1. The lowest BCUT2D eigenvalue weighted by atomic mass is 9.62. The average Bonchev–Trinajstić information content (AvgIpc) is 2.28. The van der Waals surface area contributed by atoms with Crippen molar-refractivity contribution in [3.63, 3.8) is 0 Å². The molecule has 3 N–H and O–H groups in total. The number of carbonyl (C=O) groups excluding carboxylic acids is 1. The Hall–Kier alpha value is -1.56. The Morgan fingerprint density at radius 1 is 1.47 bits per heavy atom. The third kappa shape index (κ3) is 2.45. The summed E-state index contributed by atoms with van der Waals surface area (Å²) in [5.41, 5.74) is 4.49. The molecule has 6 heteroatoms. The molecule has 2 rings (SSSR count). The van der Waals surface area contributed by atoms with Gasteiger partial charge in [-0.3, -0.25) is 4.79 Å². The van der Waals surface area contributed by atoms with E-state index in [1.54, 1.807) is 0 Å². The Labute approximate surface area is 115 Å². The van der Waals surface area contributed by atoms with Gasteiger partial charge >= 0.3 is 0 Å². The fraction of sp³-hybridized carbons (Fsp3) is 0.385. The lowest BCUT2D eigenvalue weighted by Crippen LogP contribution is -2.53. The number of thiocarbonyl (C=S) groups is 1. The molecule has 0 saturated heterocycles. The van der Waals surface area contributed by atoms with E-state index < -0.39 is 23.0 Å². The van der Waals surface area contributed by atoms with E-state index >= 15 is 0 Å². The number of carbonyl (C=O) groups is 1. The highest BCUT2D eigenvalue weighted by atomic mass is 32.1. The van der Waals surface area contributed by atoms with Gasteiger partial charge in [0.1, 0.15) is 11.6 Å². The molecule has 1 aliphatic carbocycles. The van der Waals surface area contributed by atoms with Gasteiger partial charge in [-0.15, -0.1) is 0 Å². The monoisotopic (exact) mass is 284 g/mol. The SMILES string of the molecule is CC1CC(C(=O)Nc2cc(F)ccc2F)(C(N)=S)C1. The number of anilines is 1. The number of rotatable bonds is 3. The van der Waals surface area contributed by atoms with E-state index in [0.29, 0.717) is 18.8 Å². The molecular weight excluding hydrogens is 270 g/mol. The first-order valence-electron chi connectivity index (χ1n) is 5.91. The zero-order valence-corrected chi connectivity index (χ0v) is 11.2.